The zero-order chi connectivity index (χ0) is 18.1. The molecule has 0 unspecified atom stereocenters. The van der Waals surface area contributed by atoms with E-state index in [1.165, 1.54) is 6.21 Å². The van der Waals surface area contributed by atoms with Gasteiger partial charge in [0.15, 0.2) is 0 Å². The smallest absolute Gasteiger partial charge is 0.259 e. The van der Waals surface area contributed by atoms with E-state index in [-0.39, 0.29) is 12.5 Å². The van der Waals surface area contributed by atoms with Gasteiger partial charge in [0, 0.05) is 15.6 Å². The minimum absolute atomic E-state index is 0.171. The molecule has 0 aromatic heterocycles. The average molecular weight is 404 g/mol. The van der Waals surface area contributed by atoms with Crippen molar-refractivity contribution < 1.29 is 14.3 Å². The molecular weight excluding hydrogens is 386 g/mol. The summed E-state index contributed by atoms with van der Waals surface area (Å²) < 4.78 is 6.26. The maximum atomic E-state index is 11.9. The number of hydrazone groups is 1. The van der Waals surface area contributed by atoms with Crippen LogP contribution in [0.2, 0.25) is 0 Å². The molecule has 0 atom stereocenters. The van der Waals surface area contributed by atoms with Crippen molar-refractivity contribution in [2.45, 2.75) is 6.92 Å². The molecule has 7 heteroatoms. The van der Waals surface area contributed by atoms with Crippen LogP contribution >= 0.6 is 15.9 Å². The molecule has 0 saturated carbocycles. The van der Waals surface area contributed by atoms with Gasteiger partial charge >= 0.3 is 0 Å². The topological polar surface area (TPSA) is 79.8 Å². The lowest BCUT2D eigenvalue weighted by Crippen LogP contribution is -2.34. The minimum atomic E-state index is -0.423. The number of amides is 2. The third-order valence-electron chi connectivity index (χ3n) is 3.11. The molecular formula is C18H18BrN3O3. The molecule has 0 spiro atoms. The van der Waals surface area contributed by atoms with E-state index in [4.69, 9.17) is 4.74 Å². The first-order valence-corrected chi connectivity index (χ1v) is 8.47. The van der Waals surface area contributed by atoms with Gasteiger partial charge in [0.05, 0.1) is 19.4 Å². The maximum Gasteiger partial charge on any atom is 0.259 e. The summed E-state index contributed by atoms with van der Waals surface area (Å²) in [5.74, 6) is -0.0680. The number of nitrogens with one attached hydrogen (secondary N) is 2. The fourth-order valence-electron chi connectivity index (χ4n) is 1.98. The second-order valence-corrected chi connectivity index (χ2v) is 5.87. The Bertz CT molecular complexity index is 778. The summed E-state index contributed by atoms with van der Waals surface area (Å²) in [6.07, 6.45) is 1.50. The van der Waals surface area contributed by atoms with Gasteiger partial charge in [0.1, 0.15) is 5.75 Å². The van der Waals surface area contributed by atoms with Crippen molar-refractivity contribution in [1.29, 1.82) is 0 Å². The molecule has 0 fully saturated rings. The number of benzene rings is 2. The summed E-state index contributed by atoms with van der Waals surface area (Å²) in [6, 6.07) is 14.3. The van der Waals surface area contributed by atoms with Crippen molar-refractivity contribution in [3.05, 3.63) is 64.1 Å². The summed E-state index contributed by atoms with van der Waals surface area (Å²) in [5.41, 5.74) is 3.59. The molecule has 0 saturated heterocycles. The molecule has 0 aliphatic rings. The zero-order valence-corrected chi connectivity index (χ0v) is 15.2. The van der Waals surface area contributed by atoms with Crippen LogP contribution in [-0.4, -0.2) is 31.2 Å². The van der Waals surface area contributed by atoms with E-state index in [1.54, 1.807) is 18.2 Å². The molecule has 2 aromatic carbocycles. The molecule has 2 amide bonds. The summed E-state index contributed by atoms with van der Waals surface area (Å²) in [6.45, 7) is 2.26. The van der Waals surface area contributed by atoms with Gasteiger partial charge in [-0.05, 0) is 37.3 Å². The van der Waals surface area contributed by atoms with Gasteiger partial charge in [0.25, 0.3) is 11.8 Å². The van der Waals surface area contributed by atoms with E-state index >= 15 is 0 Å². The number of hydrogen-bond acceptors (Lipinski definition) is 4. The van der Waals surface area contributed by atoms with Gasteiger partial charge in [-0.25, -0.2) is 5.43 Å². The standard InChI is InChI=1S/C18H18BrN3O3/c1-2-25-16-9-4-3-6-14(16)11-21-22-17(23)12-20-18(24)13-7-5-8-15(19)10-13/h3-11H,2,12H2,1H3,(H,20,24)(H,22,23)/b21-11-. The number of nitrogens with zero attached hydrogens (tertiary/aromatic N) is 1. The van der Waals surface area contributed by atoms with E-state index in [2.05, 4.69) is 31.8 Å². The Balaban J connectivity index is 1.84. The number of rotatable bonds is 7. The summed E-state index contributed by atoms with van der Waals surface area (Å²) in [7, 11) is 0. The minimum Gasteiger partial charge on any atom is -0.493 e. The highest BCUT2D eigenvalue weighted by atomic mass is 79.9. The highest BCUT2D eigenvalue weighted by molar-refractivity contribution is 9.10. The van der Waals surface area contributed by atoms with Crippen LogP contribution in [0.1, 0.15) is 22.8 Å². The molecule has 0 bridgehead atoms. The number of ether oxygens (including phenoxy) is 1. The van der Waals surface area contributed by atoms with Crippen LogP contribution in [0, 0.1) is 0 Å². The predicted molar refractivity (Wildman–Crippen MR) is 99.8 cm³/mol. The number of carbonyl (C=O) groups excluding carboxylic acids is 2. The normalized spacial score (nSPS) is 10.5. The summed E-state index contributed by atoms with van der Waals surface area (Å²) in [4.78, 5) is 23.7. The van der Waals surface area contributed by atoms with Crippen LogP contribution in [0.4, 0.5) is 0 Å². The van der Waals surface area contributed by atoms with Gasteiger partial charge in [-0.1, -0.05) is 34.1 Å². The lowest BCUT2D eigenvalue weighted by Gasteiger charge is -2.06. The summed E-state index contributed by atoms with van der Waals surface area (Å²) in [5, 5.41) is 6.42. The number of carbonyl (C=O) groups is 2. The lowest BCUT2D eigenvalue weighted by atomic mass is 10.2. The second kappa shape index (κ2) is 9.58. The second-order valence-electron chi connectivity index (χ2n) is 4.96. The molecule has 0 aliphatic carbocycles. The quantitative estimate of drug-likeness (QED) is 0.550. The molecule has 0 aliphatic heterocycles. The number of para-hydroxylation sites is 1. The summed E-state index contributed by atoms with van der Waals surface area (Å²) >= 11 is 3.30. The molecule has 2 rings (SSSR count). The first kappa shape index (κ1) is 18.7. The van der Waals surface area contributed by atoms with Gasteiger partial charge in [-0.2, -0.15) is 5.10 Å². The van der Waals surface area contributed by atoms with Crippen molar-refractivity contribution in [1.82, 2.24) is 10.7 Å². The first-order valence-electron chi connectivity index (χ1n) is 7.67. The first-order chi connectivity index (χ1) is 12.1. The zero-order valence-electron chi connectivity index (χ0n) is 13.7. The van der Waals surface area contributed by atoms with Crippen molar-refractivity contribution in [3.8, 4) is 5.75 Å². The van der Waals surface area contributed by atoms with Crippen LogP contribution < -0.4 is 15.5 Å². The van der Waals surface area contributed by atoms with E-state index in [0.717, 1.165) is 10.0 Å². The Morgan fingerprint density at radius 2 is 2.00 bits per heavy atom. The molecule has 2 N–H and O–H groups in total. The lowest BCUT2D eigenvalue weighted by molar-refractivity contribution is -0.120. The van der Waals surface area contributed by atoms with Gasteiger partial charge in [-0.3, -0.25) is 9.59 Å². The van der Waals surface area contributed by atoms with Crippen LogP contribution in [0.3, 0.4) is 0 Å². The highest BCUT2D eigenvalue weighted by Gasteiger charge is 2.07. The monoisotopic (exact) mass is 403 g/mol. The van der Waals surface area contributed by atoms with Crippen LogP contribution in [-0.2, 0) is 4.79 Å². The number of halogens is 1. The fraction of sp³-hybridized carbons (Fsp3) is 0.167. The van der Waals surface area contributed by atoms with Gasteiger partial charge in [0.2, 0.25) is 0 Å². The van der Waals surface area contributed by atoms with Crippen molar-refractivity contribution in [3.63, 3.8) is 0 Å². The Morgan fingerprint density at radius 1 is 1.20 bits per heavy atom. The van der Waals surface area contributed by atoms with Crippen LogP contribution in [0.15, 0.2) is 58.1 Å². The SMILES string of the molecule is CCOc1ccccc1/C=N\NC(=O)CNC(=O)c1cccc(Br)c1. The maximum absolute atomic E-state index is 11.9. The molecule has 0 radical (unpaired) electrons. The van der Waals surface area contributed by atoms with Crippen molar-refractivity contribution >= 4 is 34.0 Å². The highest BCUT2D eigenvalue weighted by Crippen LogP contribution is 2.15. The van der Waals surface area contributed by atoms with Crippen molar-refractivity contribution in [2.24, 2.45) is 5.10 Å². The third kappa shape index (κ3) is 6.04. The van der Waals surface area contributed by atoms with Gasteiger partial charge < -0.3 is 10.1 Å². The Labute approximate surface area is 154 Å². The molecule has 25 heavy (non-hydrogen) atoms. The molecule has 130 valence electrons. The van der Waals surface area contributed by atoms with Crippen LogP contribution in [0.25, 0.3) is 0 Å². The fourth-order valence-corrected chi connectivity index (χ4v) is 2.38. The Hall–Kier alpha value is -2.67. The third-order valence-corrected chi connectivity index (χ3v) is 3.60. The molecule has 2 aromatic rings. The Kier molecular flexibility index (Phi) is 7.16. The van der Waals surface area contributed by atoms with Gasteiger partial charge in [-0.15, -0.1) is 0 Å². The average Bonchev–Trinajstić information content (AvgIpc) is 2.61. The van der Waals surface area contributed by atoms with Crippen molar-refractivity contribution in [2.75, 3.05) is 13.2 Å². The van der Waals surface area contributed by atoms with E-state index in [0.29, 0.717) is 17.9 Å². The van der Waals surface area contributed by atoms with E-state index in [9.17, 15) is 9.59 Å². The Morgan fingerprint density at radius 3 is 2.76 bits per heavy atom. The predicted octanol–water partition coefficient (Wildman–Crippen LogP) is 2.73. The molecule has 0 heterocycles. The molecule has 6 nitrogen and oxygen atoms in total. The largest absolute Gasteiger partial charge is 0.493 e. The van der Waals surface area contributed by atoms with Crippen LogP contribution in [0.5, 0.6) is 5.75 Å². The van der Waals surface area contributed by atoms with E-state index in [1.807, 2.05) is 37.3 Å². The number of hydrogen-bond donors (Lipinski definition) is 2. The van der Waals surface area contributed by atoms with E-state index < -0.39 is 5.91 Å².